The van der Waals surface area contributed by atoms with Crippen LogP contribution in [0.4, 0.5) is 0 Å². The quantitative estimate of drug-likeness (QED) is 0.887. The van der Waals surface area contributed by atoms with Crippen LogP contribution in [-0.2, 0) is 16.8 Å². The molecule has 0 bridgehead atoms. The van der Waals surface area contributed by atoms with E-state index >= 15 is 0 Å². The molecule has 1 heterocycles. The maximum atomic E-state index is 12.1. The van der Waals surface area contributed by atoms with Crippen LogP contribution in [0, 0.1) is 6.92 Å². The van der Waals surface area contributed by atoms with Crippen LogP contribution in [0.25, 0.3) is 0 Å². The fourth-order valence-electron chi connectivity index (χ4n) is 3.62. The first-order valence-corrected chi connectivity index (χ1v) is 7.31. The van der Waals surface area contributed by atoms with Gasteiger partial charge in [0, 0.05) is 26.2 Å². The molecule has 108 valence electrons. The van der Waals surface area contributed by atoms with Crippen molar-refractivity contribution in [2.24, 2.45) is 0 Å². The average Bonchev–Trinajstić information content (AvgIpc) is 2.79. The second-order valence-corrected chi connectivity index (χ2v) is 6.12. The normalized spacial score (nSPS) is 27.5. The van der Waals surface area contributed by atoms with Gasteiger partial charge in [-0.15, -0.1) is 0 Å². The molecule has 1 aromatic carbocycles. The first kappa shape index (κ1) is 13.6. The van der Waals surface area contributed by atoms with E-state index in [0.29, 0.717) is 6.42 Å². The Morgan fingerprint density at radius 3 is 2.60 bits per heavy atom. The van der Waals surface area contributed by atoms with E-state index in [1.54, 1.807) is 0 Å². The summed E-state index contributed by atoms with van der Waals surface area (Å²) in [5, 5.41) is 9.96. The van der Waals surface area contributed by atoms with Gasteiger partial charge in [-0.05, 0) is 37.9 Å². The highest BCUT2D eigenvalue weighted by molar-refractivity contribution is 5.82. The van der Waals surface area contributed by atoms with Crippen molar-refractivity contribution in [3.63, 3.8) is 0 Å². The number of aryl methyl sites for hydroxylation is 2. The highest BCUT2D eigenvalue weighted by atomic mass is 16.4. The molecule has 4 nitrogen and oxygen atoms in total. The standard InChI is InChI=1S/C16H22N2O2/c1-12-3-4-13-5-6-16(15(19)20,14(13)11-12)18-9-7-17(2)8-10-18/h3-4,11H,5-10H2,1-2H3,(H,19,20). The van der Waals surface area contributed by atoms with Crippen LogP contribution in [0.3, 0.4) is 0 Å². The lowest BCUT2D eigenvalue weighted by atomic mass is 9.88. The third kappa shape index (κ3) is 1.95. The van der Waals surface area contributed by atoms with E-state index in [4.69, 9.17) is 0 Å². The number of carbonyl (C=O) groups is 1. The number of rotatable bonds is 2. The van der Waals surface area contributed by atoms with Gasteiger partial charge in [-0.25, -0.2) is 4.79 Å². The molecule has 1 saturated heterocycles. The molecular weight excluding hydrogens is 252 g/mol. The van der Waals surface area contributed by atoms with Gasteiger partial charge in [-0.3, -0.25) is 4.90 Å². The number of hydrogen-bond donors (Lipinski definition) is 1. The summed E-state index contributed by atoms with van der Waals surface area (Å²) in [5.74, 6) is -0.689. The van der Waals surface area contributed by atoms with Gasteiger partial charge in [-0.2, -0.15) is 0 Å². The van der Waals surface area contributed by atoms with Crippen LogP contribution in [0.2, 0.25) is 0 Å². The third-order valence-electron chi connectivity index (χ3n) is 4.86. The topological polar surface area (TPSA) is 43.8 Å². The van der Waals surface area contributed by atoms with E-state index in [-0.39, 0.29) is 0 Å². The van der Waals surface area contributed by atoms with Crippen LogP contribution < -0.4 is 0 Å². The minimum absolute atomic E-state index is 0.689. The van der Waals surface area contributed by atoms with E-state index in [9.17, 15) is 9.90 Å². The number of hydrogen-bond acceptors (Lipinski definition) is 3. The molecular formula is C16H22N2O2. The number of carboxylic acid groups (broad SMARTS) is 1. The van der Waals surface area contributed by atoms with Crippen LogP contribution >= 0.6 is 0 Å². The van der Waals surface area contributed by atoms with Gasteiger partial charge in [0.05, 0.1) is 0 Å². The van der Waals surface area contributed by atoms with Crippen LogP contribution in [0.1, 0.15) is 23.1 Å². The Kier molecular flexibility index (Phi) is 3.30. The average molecular weight is 274 g/mol. The molecule has 0 amide bonds. The van der Waals surface area contributed by atoms with Gasteiger partial charge in [0.1, 0.15) is 5.54 Å². The predicted octanol–water partition coefficient (Wildman–Crippen LogP) is 1.47. The molecule has 1 aliphatic carbocycles. The number of carboxylic acids is 1. The van der Waals surface area contributed by atoms with Crippen molar-refractivity contribution in [2.45, 2.75) is 25.3 Å². The van der Waals surface area contributed by atoms with Crippen LogP contribution in [0.15, 0.2) is 18.2 Å². The van der Waals surface area contributed by atoms with E-state index in [1.165, 1.54) is 5.56 Å². The number of nitrogens with zero attached hydrogens (tertiary/aromatic N) is 2. The first-order valence-electron chi connectivity index (χ1n) is 7.31. The first-order chi connectivity index (χ1) is 9.54. The Bertz CT molecular complexity index is 535. The molecule has 4 heteroatoms. The summed E-state index contributed by atoms with van der Waals surface area (Å²) in [6.45, 7) is 5.58. The van der Waals surface area contributed by atoms with Gasteiger partial charge < -0.3 is 10.0 Å². The molecule has 0 radical (unpaired) electrons. The van der Waals surface area contributed by atoms with Crippen molar-refractivity contribution < 1.29 is 9.90 Å². The summed E-state index contributed by atoms with van der Waals surface area (Å²) in [6.07, 6.45) is 1.57. The summed E-state index contributed by atoms with van der Waals surface area (Å²) in [4.78, 5) is 16.6. The zero-order chi connectivity index (χ0) is 14.3. The SMILES string of the molecule is Cc1ccc2c(c1)C(C(=O)O)(N1CCN(C)CC1)CC2. The molecule has 1 fully saturated rings. The fraction of sp³-hybridized carbons (Fsp3) is 0.562. The third-order valence-corrected chi connectivity index (χ3v) is 4.86. The maximum Gasteiger partial charge on any atom is 0.328 e. The zero-order valence-corrected chi connectivity index (χ0v) is 12.2. The molecule has 0 saturated carbocycles. The van der Waals surface area contributed by atoms with Crippen molar-refractivity contribution >= 4 is 5.97 Å². The van der Waals surface area contributed by atoms with E-state index < -0.39 is 11.5 Å². The van der Waals surface area contributed by atoms with Crippen molar-refractivity contribution in [3.8, 4) is 0 Å². The Morgan fingerprint density at radius 1 is 1.25 bits per heavy atom. The van der Waals surface area contributed by atoms with Gasteiger partial charge in [0.15, 0.2) is 0 Å². The van der Waals surface area contributed by atoms with E-state index in [1.807, 2.05) is 6.92 Å². The highest BCUT2D eigenvalue weighted by Crippen LogP contribution is 2.42. The highest BCUT2D eigenvalue weighted by Gasteiger charge is 2.50. The van der Waals surface area contributed by atoms with Crippen LogP contribution in [0.5, 0.6) is 0 Å². The molecule has 0 spiro atoms. The summed E-state index contributed by atoms with van der Waals surface area (Å²) in [6, 6.07) is 6.26. The molecule has 1 atom stereocenters. The summed E-state index contributed by atoms with van der Waals surface area (Å²) >= 11 is 0. The lowest BCUT2D eigenvalue weighted by molar-refractivity contribution is -0.154. The van der Waals surface area contributed by atoms with Crippen molar-refractivity contribution in [1.82, 2.24) is 9.80 Å². The number of piperazine rings is 1. The Balaban J connectivity index is 2.03. The Morgan fingerprint density at radius 2 is 1.95 bits per heavy atom. The molecule has 2 aliphatic rings. The summed E-state index contributed by atoms with van der Waals surface area (Å²) in [7, 11) is 2.09. The molecule has 0 aromatic heterocycles. The Hall–Kier alpha value is -1.39. The summed E-state index contributed by atoms with van der Waals surface area (Å²) in [5.41, 5.74) is 2.57. The van der Waals surface area contributed by atoms with E-state index in [2.05, 4.69) is 35.0 Å². The van der Waals surface area contributed by atoms with Crippen molar-refractivity contribution in [1.29, 1.82) is 0 Å². The number of aliphatic carboxylic acids is 1. The van der Waals surface area contributed by atoms with E-state index in [0.717, 1.165) is 43.7 Å². The lowest BCUT2D eigenvalue weighted by Gasteiger charge is -2.43. The fourth-order valence-corrected chi connectivity index (χ4v) is 3.62. The zero-order valence-electron chi connectivity index (χ0n) is 12.2. The predicted molar refractivity (Wildman–Crippen MR) is 77.9 cm³/mol. The maximum absolute atomic E-state index is 12.1. The van der Waals surface area contributed by atoms with Gasteiger partial charge in [0.25, 0.3) is 0 Å². The number of likely N-dealkylation sites (N-methyl/N-ethyl adjacent to an activating group) is 1. The molecule has 1 N–H and O–H groups in total. The minimum atomic E-state index is -0.803. The second-order valence-electron chi connectivity index (χ2n) is 6.12. The molecule has 3 rings (SSSR count). The molecule has 20 heavy (non-hydrogen) atoms. The number of fused-ring (bicyclic) bond motifs is 1. The molecule has 1 unspecified atom stereocenters. The molecule has 1 aromatic rings. The smallest absolute Gasteiger partial charge is 0.328 e. The van der Waals surface area contributed by atoms with Crippen LogP contribution in [-0.4, -0.2) is 54.1 Å². The van der Waals surface area contributed by atoms with Gasteiger partial charge >= 0.3 is 5.97 Å². The largest absolute Gasteiger partial charge is 0.480 e. The second kappa shape index (κ2) is 4.86. The van der Waals surface area contributed by atoms with Crippen molar-refractivity contribution in [2.75, 3.05) is 33.2 Å². The van der Waals surface area contributed by atoms with Crippen molar-refractivity contribution in [3.05, 3.63) is 34.9 Å². The monoisotopic (exact) mass is 274 g/mol. The van der Waals surface area contributed by atoms with Gasteiger partial charge in [0.2, 0.25) is 0 Å². The molecule has 1 aliphatic heterocycles. The summed E-state index contributed by atoms with van der Waals surface area (Å²) < 4.78 is 0. The lowest BCUT2D eigenvalue weighted by Crippen LogP contribution is -2.57. The Labute approximate surface area is 120 Å². The minimum Gasteiger partial charge on any atom is -0.480 e. The number of benzene rings is 1. The van der Waals surface area contributed by atoms with Gasteiger partial charge in [-0.1, -0.05) is 23.8 Å².